The summed E-state index contributed by atoms with van der Waals surface area (Å²) >= 11 is 0. The molecule has 0 N–H and O–H groups in total. The molecule has 0 spiro atoms. The van der Waals surface area contributed by atoms with E-state index in [2.05, 4.69) is 34.1 Å². The van der Waals surface area contributed by atoms with Crippen LogP contribution in [0.4, 0.5) is 11.4 Å². The predicted molar refractivity (Wildman–Crippen MR) is 121 cm³/mol. The van der Waals surface area contributed by atoms with Gasteiger partial charge in [0.25, 0.3) is 5.69 Å². The maximum Gasteiger partial charge on any atom is 0.269 e. The number of carbonyl (C=O) groups excluding carboxylic acids is 1. The van der Waals surface area contributed by atoms with Crippen molar-refractivity contribution >= 4 is 17.3 Å². The molecule has 2 fully saturated rings. The number of hydrogen-bond donors (Lipinski definition) is 0. The Labute approximate surface area is 187 Å². The van der Waals surface area contributed by atoms with Crippen LogP contribution in [-0.2, 0) is 22.5 Å². The van der Waals surface area contributed by atoms with Crippen LogP contribution in [0.2, 0.25) is 0 Å². The van der Waals surface area contributed by atoms with E-state index in [0.717, 1.165) is 37.4 Å². The van der Waals surface area contributed by atoms with E-state index in [4.69, 9.17) is 4.74 Å². The van der Waals surface area contributed by atoms with Gasteiger partial charge >= 0.3 is 0 Å². The molecule has 32 heavy (non-hydrogen) atoms. The molecule has 1 amide bonds. The molecule has 0 bridgehead atoms. The number of hydrogen-bond acceptors (Lipinski definition) is 6. The van der Waals surface area contributed by atoms with Crippen LogP contribution >= 0.6 is 0 Å². The lowest BCUT2D eigenvalue weighted by atomic mass is 9.82. The number of non-ortho nitro benzene ring substituents is 1. The molecule has 0 unspecified atom stereocenters. The number of nitro benzene ring substituents is 1. The minimum Gasteiger partial charge on any atom is -0.378 e. The average Bonchev–Trinajstić information content (AvgIpc) is 2.83. The largest absolute Gasteiger partial charge is 0.378 e. The molecule has 0 aromatic heterocycles. The monoisotopic (exact) mass is 436 g/mol. The standard InChI is InChI=1S/C24H28N4O4/c29-24(26-10-12-32-13-11-26)21-15-19-14-20(28(30)31)6-7-22(19)27-9-8-25(17-23(21)27)16-18-4-2-1-3-5-18/h1-7,14,21,23H,8-13,15-17H2/t21-,23+/m1/s1. The number of nitro groups is 1. The highest BCUT2D eigenvalue weighted by molar-refractivity contribution is 5.82. The number of rotatable bonds is 4. The zero-order valence-corrected chi connectivity index (χ0v) is 18.1. The second-order valence-electron chi connectivity index (χ2n) is 8.80. The minimum atomic E-state index is -0.358. The highest BCUT2D eigenvalue weighted by Crippen LogP contribution is 2.38. The Hall–Kier alpha value is -2.97. The van der Waals surface area contributed by atoms with Gasteiger partial charge in [0.15, 0.2) is 0 Å². The van der Waals surface area contributed by atoms with Crippen molar-refractivity contribution in [2.75, 3.05) is 50.8 Å². The quantitative estimate of drug-likeness (QED) is 0.541. The third-order valence-electron chi connectivity index (χ3n) is 6.88. The van der Waals surface area contributed by atoms with Crippen LogP contribution in [0.3, 0.4) is 0 Å². The third kappa shape index (κ3) is 4.08. The van der Waals surface area contributed by atoms with Gasteiger partial charge in [-0.1, -0.05) is 30.3 Å². The Kier molecular flexibility index (Phi) is 5.80. The fourth-order valence-electron chi connectivity index (χ4n) is 5.27. The van der Waals surface area contributed by atoms with Crippen molar-refractivity contribution in [2.45, 2.75) is 19.0 Å². The molecule has 8 nitrogen and oxygen atoms in total. The molecular weight excluding hydrogens is 408 g/mol. The van der Waals surface area contributed by atoms with Gasteiger partial charge in [-0.2, -0.15) is 0 Å². The summed E-state index contributed by atoms with van der Waals surface area (Å²) in [7, 11) is 0. The first-order chi connectivity index (χ1) is 15.6. The van der Waals surface area contributed by atoms with Gasteiger partial charge in [0, 0.05) is 57.1 Å². The Morgan fingerprint density at radius 3 is 2.59 bits per heavy atom. The van der Waals surface area contributed by atoms with Gasteiger partial charge in [0.1, 0.15) is 0 Å². The van der Waals surface area contributed by atoms with Gasteiger partial charge in [-0.3, -0.25) is 19.8 Å². The summed E-state index contributed by atoms with van der Waals surface area (Å²) in [4.78, 5) is 31.2. The van der Waals surface area contributed by atoms with Crippen LogP contribution in [0.1, 0.15) is 11.1 Å². The molecule has 2 atom stereocenters. The number of amides is 1. The Morgan fingerprint density at radius 1 is 1.06 bits per heavy atom. The van der Waals surface area contributed by atoms with Crippen molar-refractivity contribution in [3.63, 3.8) is 0 Å². The van der Waals surface area contributed by atoms with E-state index in [-0.39, 0.29) is 28.5 Å². The molecular formula is C24H28N4O4. The molecule has 5 rings (SSSR count). The van der Waals surface area contributed by atoms with Gasteiger partial charge in [-0.05, 0) is 23.6 Å². The summed E-state index contributed by atoms with van der Waals surface area (Å²) in [5.41, 5.74) is 3.29. The first kappa shape index (κ1) is 20.9. The van der Waals surface area contributed by atoms with E-state index in [9.17, 15) is 14.9 Å². The number of piperazine rings is 1. The highest BCUT2D eigenvalue weighted by Gasteiger charge is 2.43. The van der Waals surface area contributed by atoms with E-state index < -0.39 is 0 Å². The smallest absolute Gasteiger partial charge is 0.269 e. The SMILES string of the molecule is O=C([C@@H]1Cc2cc([N+](=O)[O-])ccc2N2CCN(Cc3ccccc3)C[C@@H]12)N1CCOCC1. The highest BCUT2D eigenvalue weighted by atomic mass is 16.6. The summed E-state index contributed by atoms with van der Waals surface area (Å²) in [6, 6.07) is 15.6. The van der Waals surface area contributed by atoms with Crippen LogP contribution in [-0.4, -0.2) is 72.6 Å². The van der Waals surface area contributed by atoms with Gasteiger partial charge in [0.05, 0.1) is 30.1 Å². The number of anilines is 1. The normalized spacial score (nSPS) is 23.4. The van der Waals surface area contributed by atoms with E-state index in [1.165, 1.54) is 5.56 Å². The van der Waals surface area contributed by atoms with Crippen LogP contribution < -0.4 is 4.90 Å². The second kappa shape index (κ2) is 8.88. The van der Waals surface area contributed by atoms with Crippen LogP contribution in [0, 0.1) is 16.0 Å². The van der Waals surface area contributed by atoms with Crippen molar-refractivity contribution in [3.05, 3.63) is 69.8 Å². The van der Waals surface area contributed by atoms with Crippen LogP contribution in [0.15, 0.2) is 48.5 Å². The molecule has 3 aliphatic rings. The minimum absolute atomic E-state index is 0.0526. The molecule has 3 heterocycles. The summed E-state index contributed by atoms with van der Waals surface area (Å²) < 4.78 is 5.44. The number of morpholine rings is 1. The zero-order valence-electron chi connectivity index (χ0n) is 18.1. The number of ether oxygens (including phenoxy) is 1. The first-order valence-electron chi connectivity index (χ1n) is 11.3. The lowest BCUT2D eigenvalue weighted by Gasteiger charge is -2.50. The lowest BCUT2D eigenvalue weighted by molar-refractivity contribution is -0.384. The molecule has 0 aliphatic carbocycles. The predicted octanol–water partition coefficient (Wildman–Crippen LogP) is 2.32. The number of nitrogens with zero attached hydrogens (tertiary/aromatic N) is 4. The van der Waals surface area contributed by atoms with Crippen molar-refractivity contribution in [2.24, 2.45) is 5.92 Å². The maximum absolute atomic E-state index is 13.6. The molecule has 2 saturated heterocycles. The fourth-order valence-corrected chi connectivity index (χ4v) is 5.27. The summed E-state index contributed by atoms with van der Waals surface area (Å²) in [6.07, 6.45) is 0.535. The van der Waals surface area contributed by atoms with E-state index >= 15 is 0 Å². The van der Waals surface area contributed by atoms with Gasteiger partial charge in [-0.15, -0.1) is 0 Å². The molecule has 2 aromatic carbocycles. The molecule has 0 radical (unpaired) electrons. The lowest BCUT2D eigenvalue weighted by Crippen LogP contribution is -2.61. The number of carbonyl (C=O) groups is 1. The van der Waals surface area contributed by atoms with Crippen LogP contribution in [0.5, 0.6) is 0 Å². The second-order valence-corrected chi connectivity index (χ2v) is 8.80. The summed E-state index contributed by atoms with van der Waals surface area (Å²) in [6.45, 7) is 5.69. The Balaban J connectivity index is 1.44. The van der Waals surface area contributed by atoms with Gasteiger partial charge < -0.3 is 14.5 Å². The van der Waals surface area contributed by atoms with Crippen LogP contribution in [0.25, 0.3) is 0 Å². The molecule has 168 valence electrons. The Bertz CT molecular complexity index is 993. The fraction of sp³-hybridized carbons (Fsp3) is 0.458. The maximum atomic E-state index is 13.6. The number of benzene rings is 2. The van der Waals surface area contributed by atoms with E-state index in [1.807, 2.05) is 17.0 Å². The molecule has 0 saturated carbocycles. The zero-order chi connectivity index (χ0) is 22.1. The average molecular weight is 437 g/mol. The van der Waals surface area contributed by atoms with Crippen molar-refractivity contribution < 1.29 is 14.5 Å². The van der Waals surface area contributed by atoms with Gasteiger partial charge in [-0.25, -0.2) is 0 Å². The molecule has 2 aromatic rings. The van der Waals surface area contributed by atoms with Crippen molar-refractivity contribution in [1.29, 1.82) is 0 Å². The summed E-state index contributed by atoms with van der Waals surface area (Å²) in [5, 5.41) is 11.3. The number of fused-ring (bicyclic) bond motifs is 3. The molecule has 8 heteroatoms. The van der Waals surface area contributed by atoms with E-state index in [1.54, 1.807) is 12.1 Å². The summed E-state index contributed by atoms with van der Waals surface area (Å²) in [5.74, 6) is -0.0804. The van der Waals surface area contributed by atoms with E-state index in [0.29, 0.717) is 32.7 Å². The van der Waals surface area contributed by atoms with Crippen molar-refractivity contribution in [3.8, 4) is 0 Å². The first-order valence-corrected chi connectivity index (χ1v) is 11.3. The van der Waals surface area contributed by atoms with Crippen molar-refractivity contribution in [1.82, 2.24) is 9.80 Å². The third-order valence-corrected chi connectivity index (χ3v) is 6.88. The topological polar surface area (TPSA) is 79.2 Å². The Morgan fingerprint density at radius 2 is 1.84 bits per heavy atom. The van der Waals surface area contributed by atoms with Gasteiger partial charge in [0.2, 0.25) is 5.91 Å². The molecule has 3 aliphatic heterocycles.